The summed E-state index contributed by atoms with van der Waals surface area (Å²) in [6.07, 6.45) is 2.23. The molecule has 0 spiro atoms. The Kier molecular flexibility index (Phi) is 5.95. The highest BCUT2D eigenvalue weighted by Gasteiger charge is 2.22. The predicted molar refractivity (Wildman–Crippen MR) is 98.3 cm³/mol. The summed E-state index contributed by atoms with van der Waals surface area (Å²) in [5.41, 5.74) is 0.143. The maximum absolute atomic E-state index is 13.8. The molecule has 2 amide bonds. The molecule has 2 N–H and O–H groups in total. The lowest BCUT2D eigenvalue weighted by atomic mass is 10.2. The van der Waals surface area contributed by atoms with Crippen molar-refractivity contribution in [3.8, 4) is 0 Å². The molecule has 0 unspecified atom stereocenters. The summed E-state index contributed by atoms with van der Waals surface area (Å²) in [4.78, 5) is 29.2. The Morgan fingerprint density at radius 3 is 2.75 bits per heavy atom. The molecule has 7 nitrogen and oxygen atoms in total. The van der Waals surface area contributed by atoms with Crippen LogP contribution in [0.25, 0.3) is 5.52 Å². The average molecular weight is 388 g/mol. The van der Waals surface area contributed by atoms with Crippen LogP contribution < -0.4 is 10.6 Å². The number of benzene rings is 1. The molecule has 0 bridgehead atoms. The van der Waals surface area contributed by atoms with Crippen LogP contribution >= 0.6 is 0 Å². The Bertz CT molecular complexity index is 1020. The van der Waals surface area contributed by atoms with Gasteiger partial charge in [-0.15, -0.1) is 0 Å². The molecule has 0 atom stereocenters. The van der Waals surface area contributed by atoms with Gasteiger partial charge in [-0.2, -0.15) is 0 Å². The number of hydrogen-bond acceptors (Lipinski definition) is 4. The van der Waals surface area contributed by atoms with Crippen molar-refractivity contribution in [2.75, 3.05) is 25.6 Å². The molecule has 1 aromatic carbocycles. The fraction of sp³-hybridized carbons (Fsp3) is 0.211. The SMILES string of the molecule is COCCCNC(=O)c1nc(C(=O)Nc2ccc(F)cc2F)c2ccccn12. The van der Waals surface area contributed by atoms with Gasteiger partial charge in [-0.1, -0.05) is 6.07 Å². The fourth-order valence-corrected chi connectivity index (χ4v) is 2.63. The van der Waals surface area contributed by atoms with Crippen LogP contribution in [-0.4, -0.2) is 41.5 Å². The second-order valence-electron chi connectivity index (χ2n) is 5.92. The Labute approximate surface area is 159 Å². The van der Waals surface area contributed by atoms with Gasteiger partial charge in [0.25, 0.3) is 11.8 Å². The van der Waals surface area contributed by atoms with Crippen molar-refractivity contribution in [3.05, 3.63) is 65.7 Å². The van der Waals surface area contributed by atoms with Crippen LogP contribution in [0, 0.1) is 11.6 Å². The van der Waals surface area contributed by atoms with Gasteiger partial charge in [-0.05, 0) is 30.7 Å². The number of amides is 2. The molecule has 2 aromatic heterocycles. The third-order valence-electron chi connectivity index (χ3n) is 3.96. The quantitative estimate of drug-likeness (QED) is 0.610. The Morgan fingerprint density at radius 1 is 1.18 bits per heavy atom. The van der Waals surface area contributed by atoms with Crippen LogP contribution in [0.4, 0.5) is 14.5 Å². The van der Waals surface area contributed by atoms with E-state index in [2.05, 4.69) is 15.6 Å². The molecular formula is C19H18F2N4O3. The average Bonchev–Trinajstić information content (AvgIpc) is 3.07. The van der Waals surface area contributed by atoms with Gasteiger partial charge >= 0.3 is 0 Å². The van der Waals surface area contributed by atoms with Gasteiger partial charge in [0.1, 0.15) is 11.6 Å². The molecule has 3 aromatic rings. The molecule has 0 aliphatic rings. The maximum atomic E-state index is 13.8. The zero-order chi connectivity index (χ0) is 20.1. The summed E-state index contributed by atoms with van der Waals surface area (Å²) in [5, 5.41) is 5.06. The fourth-order valence-electron chi connectivity index (χ4n) is 2.63. The standard InChI is InChI=1S/C19H18F2N4O3/c1-28-10-4-8-22-19(27)17-24-16(15-5-2-3-9-25(15)17)18(26)23-14-7-6-12(20)11-13(14)21/h2-3,5-7,9,11H,4,8,10H2,1H3,(H,22,27)(H,23,26). The molecule has 0 saturated carbocycles. The third-order valence-corrected chi connectivity index (χ3v) is 3.96. The molecule has 3 rings (SSSR count). The third kappa shape index (κ3) is 4.15. The van der Waals surface area contributed by atoms with E-state index in [1.54, 1.807) is 31.5 Å². The summed E-state index contributed by atoms with van der Waals surface area (Å²) in [6.45, 7) is 0.885. The summed E-state index contributed by atoms with van der Waals surface area (Å²) in [6, 6.07) is 7.81. The molecule has 0 radical (unpaired) electrons. The summed E-state index contributed by atoms with van der Waals surface area (Å²) in [7, 11) is 1.57. The van der Waals surface area contributed by atoms with Crippen LogP contribution in [0.2, 0.25) is 0 Å². The van der Waals surface area contributed by atoms with Crippen molar-refractivity contribution < 1.29 is 23.1 Å². The Balaban J connectivity index is 1.87. The minimum absolute atomic E-state index is 0.0257. The second kappa shape index (κ2) is 8.57. The van der Waals surface area contributed by atoms with Crippen LogP contribution in [0.5, 0.6) is 0 Å². The van der Waals surface area contributed by atoms with Gasteiger partial charge in [0.15, 0.2) is 5.69 Å². The summed E-state index contributed by atoms with van der Waals surface area (Å²) >= 11 is 0. The van der Waals surface area contributed by atoms with Crippen LogP contribution in [0.15, 0.2) is 42.6 Å². The summed E-state index contributed by atoms with van der Waals surface area (Å²) in [5.74, 6) is -2.81. The highest BCUT2D eigenvalue weighted by molar-refractivity contribution is 6.09. The number of aromatic nitrogens is 2. The highest BCUT2D eigenvalue weighted by Crippen LogP contribution is 2.18. The minimum Gasteiger partial charge on any atom is -0.385 e. The first-order valence-corrected chi connectivity index (χ1v) is 8.52. The number of nitrogens with zero attached hydrogens (tertiary/aromatic N) is 2. The molecule has 28 heavy (non-hydrogen) atoms. The number of hydrogen-bond donors (Lipinski definition) is 2. The van der Waals surface area contributed by atoms with Crippen molar-refractivity contribution in [1.29, 1.82) is 0 Å². The van der Waals surface area contributed by atoms with E-state index >= 15 is 0 Å². The number of rotatable bonds is 7. The van der Waals surface area contributed by atoms with E-state index < -0.39 is 23.4 Å². The van der Waals surface area contributed by atoms with E-state index in [4.69, 9.17) is 4.74 Å². The van der Waals surface area contributed by atoms with E-state index in [1.807, 2.05) is 0 Å². The Morgan fingerprint density at radius 2 is 2.00 bits per heavy atom. The largest absolute Gasteiger partial charge is 0.385 e. The first kappa shape index (κ1) is 19.4. The van der Waals surface area contributed by atoms with Crippen LogP contribution in [0.1, 0.15) is 27.5 Å². The second-order valence-corrected chi connectivity index (χ2v) is 5.92. The van der Waals surface area contributed by atoms with E-state index in [0.29, 0.717) is 31.2 Å². The molecule has 9 heteroatoms. The van der Waals surface area contributed by atoms with Crippen molar-refractivity contribution in [1.82, 2.24) is 14.7 Å². The number of nitrogens with one attached hydrogen (secondary N) is 2. The maximum Gasteiger partial charge on any atom is 0.287 e. The van der Waals surface area contributed by atoms with E-state index in [9.17, 15) is 18.4 Å². The number of carbonyl (C=O) groups excluding carboxylic acids is 2. The number of ether oxygens (including phenoxy) is 1. The number of methoxy groups -OCH3 is 1. The first-order valence-electron chi connectivity index (χ1n) is 8.52. The number of fused-ring (bicyclic) bond motifs is 1. The molecule has 0 saturated heterocycles. The number of halogens is 2. The van der Waals surface area contributed by atoms with Crippen molar-refractivity contribution >= 4 is 23.0 Å². The molecular weight excluding hydrogens is 370 g/mol. The van der Waals surface area contributed by atoms with Crippen molar-refractivity contribution in [3.63, 3.8) is 0 Å². The van der Waals surface area contributed by atoms with Crippen molar-refractivity contribution in [2.45, 2.75) is 6.42 Å². The highest BCUT2D eigenvalue weighted by atomic mass is 19.1. The molecule has 0 aliphatic heterocycles. The zero-order valence-electron chi connectivity index (χ0n) is 15.0. The molecule has 0 fully saturated rings. The van der Waals surface area contributed by atoms with Gasteiger partial charge < -0.3 is 15.4 Å². The monoisotopic (exact) mass is 388 g/mol. The molecule has 0 aliphatic carbocycles. The number of pyridine rings is 1. The Hall–Kier alpha value is -3.33. The number of carbonyl (C=O) groups is 2. The normalized spacial score (nSPS) is 10.8. The van der Waals surface area contributed by atoms with E-state index in [0.717, 1.165) is 12.1 Å². The van der Waals surface area contributed by atoms with Crippen molar-refractivity contribution in [2.24, 2.45) is 0 Å². The smallest absolute Gasteiger partial charge is 0.287 e. The lowest BCUT2D eigenvalue weighted by molar-refractivity contribution is 0.0937. The van der Waals surface area contributed by atoms with Gasteiger partial charge in [0, 0.05) is 32.5 Å². The lowest BCUT2D eigenvalue weighted by Crippen LogP contribution is -2.27. The first-order chi connectivity index (χ1) is 13.5. The van der Waals surface area contributed by atoms with E-state index in [1.165, 1.54) is 4.40 Å². The number of imidazole rings is 1. The van der Waals surface area contributed by atoms with Gasteiger partial charge in [0.2, 0.25) is 5.82 Å². The minimum atomic E-state index is -0.909. The molecule has 146 valence electrons. The molecule has 2 heterocycles. The van der Waals surface area contributed by atoms with Gasteiger partial charge in [0.05, 0.1) is 11.2 Å². The predicted octanol–water partition coefficient (Wildman–Crippen LogP) is 2.63. The topological polar surface area (TPSA) is 84.7 Å². The van der Waals surface area contributed by atoms with Crippen LogP contribution in [0.3, 0.4) is 0 Å². The number of anilines is 1. The van der Waals surface area contributed by atoms with E-state index in [-0.39, 0.29) is 17.2 Å². The lowest BCUT2D eigenvalue weighted by Gasteiger charge is -2.05. The van der Waals surface area contributed by atoms with Crippen LogP contribution in [-0.2, 0) is 4.74 Å². The summed E-state index contributed by atoms with van der Waals surface area (Å²) < 4.78 is 33.3. The van der Waals surface area contributed by atoms with Gasteiger partial charge in [-0.25, -0.2) is 13.8 Å². The van der Waals surface area contributed by atoms with Gasteiger partial charge in [-0.3, -0.25) is 14.0 Å². The zero-order valence-corrected chi connectivity index (χ0v) is 15.0.